The van der Waals surface area contributed by atoms with Gasteiger partial charge in [-0.2, -0.15) is 0 Å². The van der Waals surface area contributed by atoms with Gasteiger partial charge in [-0.15, -0.1) is 0 Å². The zero-order chi connectivity index (χ0) is 63.1. The van der Waals surface area contributed by atoms with Crippen molar-refractivity contribution in [2.45, 2.75) is 364 Å². The second kappa shape index (κ2) is 57.3. The molecule has 87 heavy (non-hydrogen) atoms. The number of allylic oxidation sites excluding steroid dienone is 11. The molecule has 2 aliphatic rings. The van der Waals surface area contributed by atoms with Crippen molar-refractivity contribution in [2.75, 3.05) is 19.8 Å². The molecule has 506 valence electrons. The van der Waals surface area contributed by atoms with E-state index < -0.39 is 86.8 Å². The minimum absolute atomic E-state index is 0.238. The molecule has 12 atom stereocenters. The van der Waals surface area contributed by atoms with Crippen LogP contribution in [-0.2, 0) is 23.7 Å². The molecule has 0 aromatic carbocycles. The van der Waals surface area contributed by atoms with E-state index in [9.17, 15) is 45.6 Å². The molecule has 0 aliphatic carbocycles. The van der Waals surface area contributed by atoms with Crippen molar-refractivity contribution in [2.24, 2.45) is 0 Å². The number of carbonyl (C=O) groups excluding carboxylic acids is 1. The lowest BCUT2D eigenvalue weighted by Gasteiger charge is -2.46. The summed E-state index contributed by atoms with van der Waals surface area (Å²) in [6.07, 6.45) is 60.9. The fourth-order valence-corrected chi connectivity index (χ4v) is 11.5. The first kappa shape index (κ1) is 80.5. The third kappa shape index (κ3) is 41.5. The Morgan fingerprint density at radius 1 is 0.425 bits per heavy atom. The van der Waals surface area contributed by atoms with Crippen LogP contribution in [0.3, 0.4) is 0 Å². The molecule has 9 N–H and O–H groups in total. The van der Waals surface area contributed by atoms with Crippen LogP contribution in [0.4, 0.5) is 0 Å². The molecule has 14 heteroatoms. The summed E-state index contributed by atoms with van der Waals surface area (Å²) in [6, 6.07) is -0.919. The molecule has 12 unspecified atom stereocenters. The van der Waals surface area contributed by atoms with E-state index in [1.807, 2.05) is 6.08 Å². The standard InChI is InChI=1S/C73H131NO13/c1-3-5-7-9-11-13-15-17-19-21-23-25-27-28-29-30-31-32-33-34-35-37-39-41-43-45-47-49-51-53-55-57-65(78)74-61(60-84-72-70(83)68(81)71(64(59-76)86-72)87-73-69(82)67(80)66(79)63(58-75)85-73)62(77)56-54-52-50-48-46-44-42-40-38-36-26-24-22-20-18-16-14-12-10-8-6-4-2/h5,7,11,13,17,19,23,25,28-29,54,56,61-64,66-73,75-77,79-83H,3-4,6,8-10,12,14-16,18,20-22,24,26-27,30-53,55,57-60H2,1-2H3,(H,74,78)/b7-5-,13-11-,19-17-,25-23-,29-28-,56-54+. The Labute approximate surface area is 529 Å². The Morgan fingerprint density at radius 2 is 0.793 bits per heavy atom. The topological polar surface area (TPSA) is 228 Å². The average Bonchev–Trinajstić information content (AvgIpc) is 2.33. The van der Waals surface area contributed by atoms with Crippen molar-refractivity contribution < 1.29 is 64.6 Å². The third-order valence-electron chi connectivity index (χ3n) is 17.1. The van der Waals surface area contributed by atoms with Crippen LogP contribution < -0.4 is 5.32 Å². The smallest absolute Gasteiger partial charge is 0.220 e. The van der Waals surface area contributed by atoms with Crippen molar-refractivity contribution in [1.82, 2.24) is 5.32 Å². The summed E-state index contributed by atoms with van der Waals surface area (Å²) in [5, 5.41) is 87.5. The van der Waals surface area contributed by atoms with Gasteiger partial charge in [0, 0.05) is 6.42 Å². The van der Waals surface area contributed by atoms with Gasteiger partial charge in [0.05, 0.1) is 32.0 Å². The van der Waals surface area contributed by atoms with Gasteiger partial charge in [0.15, 0.2) is 12.6 Å². The Morgan fingerprint density at radius 3 is 1.22 bits per heavy atom. The predicted molar refractivity (Wildman–Crippen MR) is 355 cm³/mol. The van der Waals surface area contributed by atoms with E-state index in [4.69, 9.17) is 18.9 Å². The SMILES string of the molecule is CC/C=C\C/C=C\C/C=C\C/C=C\C/C=C\CCCCCCCCCCCCCCCCCC(=O)NC(COC1OC(CO)C(OC2OC(CO)C(O)C(O)C2O)C(O)C1O)C(O)/C=C/CCCCCCCCCCCCCCCCCCCCCC. The molecule has 0 aromatic rings. The fraction of sp³-hybridized carbons (Fsp3) is 0.822. The third-order valence-corrected chi connectivity index (χ3v) is 17.1. The van der Waals surface area contributed by atoms with Gasteiger partial charge in [-0.25, -0.2) is 0 Å². The molecule has 2 rings (SSSR count). The molecule has 0 saturated carbocycles. The quantitative estimate of drug-likeness (QED) is 0.0204. The van der Waals surface area contributed by atoms with Crippen LogP contribution in [0.5, 0.6) is 0 Å². The number of aliphatic hydroxyl groups is 8. The van der Waals surface area contributed by atoms with Crippen molar-refractivity contribution in [1.29, 1.82) is 0 Å². The van der Waals surface area contributed by atoms with Crippen LogP contribution >= 0.6 is 0 Å². The van der Waals surface area contributed by atoms with E-state index in [-0.39, 0.29) is 18.9 Å². The normalized spacial score (nSPS) is 23.7. The molecule has 2 heterocycles. The maximum atomic E-state index is 13.3. The summed E-state index contributed by atoms with van der Waals surface area (Å²) in [6.45, 7) is 2.72. The van der Waals surface area contributed by atoms with Crippen LogP contribution in [0.25, 0.3) is 0 Å². The van der Waals surface area contributed by atoms with Crippen LogP contribution in [-0.4, -0.2) is 140 Å². The zero-order valence-corrected chi connectivity index (χ0v) is 55.0. The minimum Gasteiger partial charge on any atom is -0.394 e. The van der Waals surface area contributed by atoms with Gasteiger partial charge in [0.1, 0.15) is 48.8 Å². The molecule has 0 spiro atoms. The van der Waals surface area contributed by atoms with Gasteiger partial charge in [0.25, 0.3) is 0 Å². The zero-order valence-electron chi connectivity index (χ0n) is 55.0. The maximum absolute atomic E-state index is 13.3. The van der Waals surface area contributed by atoms with Gasteiger partial charge < -0.3 is 65.1 Å². The Bertz CT molecular complexity index is 1740. The monoisotopic (exact) mass is 1230 g/mol. The first-order chi connectivity index (χ1) is 42.6. The van der Waals surface area contributed by atoms with E-state index in [0.29, 0.717) is 6.42 Å². The van der Waals surface area contributed by atoms with Gasteiger partial charge in [-0.3, -0.25) is 4.79 Å². The first-order valence-electron chi connectivity index (χ1n) is 35.7. The van der Waals surface area contributed by atoms with Gasteiger partial charge in [-0.05, 0) is 64.2 Å². The number of carbonyl (C=O) groups is 1. The largest absolute Gasteiger partial charge is 0.394 e. The first-order valence-corrected chi connectivity index (χ1v) is 35.7. The van der Waals surface area contributed by atoms with E-state index in [2.05, 4.69) is 79.9 Å². The fourth-order valence-electron chi connectivity index (χ4n) is 11.5. The summed E-state index contributed by atoms with van der Waals surface area (Å²) >= 11 is 0. The highest BCUT2D eigenvalue weighted by Crippen LogP contribution is 2.30. The number of unbranched alkanes of at least 4 members (excludes halogenated alkanes) is 35. The molecule has 0 radical (unpaired) electrons. The second-order valence-electron chi connectivity index (χ2n) is 25.0. The van der Waals surface area contributed by atoms with Gasteiger partial charge in [0.2, 0.25) is 5.91 Å². The van der Waals surface area contributed by atoms with Crippen molar-refractivity contribution in [3.63, 3.8) is 0 Å². The summed E-state index contributed by atoms with van der Waals surface area (Å²) in [4.78, 5) is 13.3. The van der Waals surface area contributed by atoms with Crippen LogP contribution in [0.1, 0.15) is 290 Å². The Kier molecular flexibility index (Phi) is 53.1. The number of ether oxygens (including phenoxy) is 4. The van der Waals surface area contributed by atoms with E-state index in [1.165, 1.54) is 193 Å². The molecule has 1 amide bonds. The number of aliphatic hydroxyl groups excluding tert-OH is 8. The minimum atomic E-state index is -1.79. The number of nitrogens with one attached hydrogen (secondary N) is 1. The van der Waals surface area contributed by atoms with Crippen LogP contribution in [0.2, 0.25) is 0 Å². The molecule has 2 saturated heterocycles. The highest BCUT2D eigenvalue weighted by molar-refractivity contribution is 5.76. The van der Waals surface area contributed by atoms with E-state index in [0.717, 1.165) is 70.6 Å². The lowest BCUT2D eigenvalue weighted by molar-refractivity contribution is -0.359. The number of hydrogen-bond donors (Lipinski definition) is 9. The summed E-state index contributed by atoms with van der Waals surface area (Å²) in [7, 11) is 0. The highest BCUT2D eigenvalue weighted by Gasteiger charge is 2.51. The molecule has 14 nitrogen and oxygen atoms in total. The lowest BCUT2D eigenvalue weighted by atomic mass is 9.97. The van der Waals surface area contributed by atoms with Crippen LogP contribution in [0.15, 0.2) is 72.9 Å². The Hall–Kier alpha value is -2.57. The molecular formula is C73H131NO13. The molecule has 0 aromatic heterocycles. The molecule has 2 aliphatic heterocycles. The number of rotatable bonds is 58. The summed E-state index contributed by atoms with van der Waals surface area (Å²) in [5.74, 6) is -0.238. The molecule has 0 bridgehead atoms. The Balaban J connectivity index is 1.67. The van der Waals surface area contributed by atoms with Gasteiger partial charge in [-0.1, -0.05) is 292 Å². The number of hydrogen-bond acceptors (Lipinski definition) is 13. The lowest BCUT2D eigenvalue weighted by Crippen LogP contribution is -2.65. The predicted octanol–water partition coefficient (Wildman–Crippen LogP) is 14.6. The highest BCUT2D eigenvalue weighted by atomic mass is 16.7. The van der Waals surface area contributed by atoms with Crippen LogP contribution in [0, 0.1) is 0 Å². The van der Waals surface area contributed by atoms with Crippen molar-refractivity contribution in [3.05, 3.63) is 72.9 Å². The van der Waals surface area contributed by atoms with Crippen molar-refractivity contribution in [3.8, 4) is 0 Å². The molecular weight excluding hydrogens is 1100 g/mol. The average molecular weight is 1230 g/mol. The maximum Gasteiger partial charge on any atom is 0.220 e. The van der Waals surface area contributed by atoms with Crippen molar-refractivity contribution >= 4 is 5.91 Å². The van der Waals surface area contributed by atoms with E-state index >= 15 is 0 Å². The second-order valence-corrected chi connectivity index (χ2v) is 25.0. The summed E-state index contributed by atoms with van der Waals surface area (Å²) in [5.41, 5.74) is 0. The molecule has 2 fully saturated rings. The van der Waals surface area contributed by atoms with Gasteiger partial charge >= 0.3 is 0 Å². The van der Waals surface area contributed by atoms with E-state index in [1.54, 1.807) is 6.08 Å². The summed E-state index contributed by atoms with van der Waals surface area (Å²) < 4.78 is 22.9. The number of amides is 1.